The van der Waals surface area contributed by atoms with Gasteiger partial charge < -0.3 is 0 Å². The van der Waals surface area contributed by atoms with Gasteiger partial charge in [0.05, 0.1) is 0 Å². The lowest BCUT2D eigenvalue weighted by Crippen LogP contribution is -2.23. The van der Waals surface area contributed by atoms with Crippen LogP contribution in [0.4, 0.5) is 0 Å². The van der Waals surface area contributed by atoms with E-state index in [9.17, 15) is 9.59 Å². The molecular weight excluding hydrogens is 164 g/mol. The van der Waals surface area contributed by atoms with Crippen LogP contribution in [0.2, 0.25) is 0 Å². The predicted molar refractivity (Wildman–Crippen MR) is 51.4 cm³/mol. The molecule has 0 amide bonds. The monoisotopic (exact) mass is 182 g/mol. The van der Waals surface area contributed by atoms with Gasteiger partial charge in [0.25, 0.3) is 0 Å². The second-order valence-electron chi connectivity index (χ2n) is 4.40. The summed E-state index contributed by atoms with van der Waals surface area (Å²) in [5.74, 6) is 1.03. The minimum atomic E-state index is 0.0450. The highest BCUT2D eigenvalue weighted by molar-refractivity contribution is 5.89. The van der Waals surface area contributed by atoms with E-state index in [1.165, 1.54) is 0 Å². The molecule has 0 bridgehead atoms. The van der Waals surface area contributed by atoms with Gasteiger partial charge in [0.2, 0.25) is 0 Å². The average molecular weight is 182 g/mol. The fourth-order valence-corrected chi connectivity index (χ4v) is 1.87. The molecule has 1 rings (SSSR count). The minimum Gasteiger partial charge on any atom is -0.300 e. The van der Waals surface area contributed by atoms with Crippen LogP contribution in [-0.4, -0.2) is 11.6 Å². The first-order chi connectivity index (χ1) is 6.09. The molecule has 0 N–H and O–H groups in total. The number of Topliss-reactive ketones (excluding diaryl/α,β-unsaturated/α-hetero) is 2. The molecule has 0 saturated heterocycles. The standard InChI is InChI=1S/C11H18O2/c1-8(2)6-11(13)9-4-3-5-10(12)7-9/h8-9H,3-7H2,1-2H3. The van der Waals surface area contributed by atoms with Gasteiger partial charge in [0.15, 0.2) is 0 Å². The van der Waals surface area contributed by atoms with Gasteiger partial charge >= 0.3 is 0 Å². The molecule has 1 saturated carbocycles. The summed E-state index contributed by atoms with van der Waals surface area (Å²) in [6.45, 7) is 4.09. The van der Waals surface area contributed by atoms with Crippen LogP contribution in [0.25, 0.3) is 0 Å². The zero-order valence-electron chi connectivity index (χ0n) is 8.51. The third-order valence-electron chi connectivity index (χ3n) is 2.55. The van der Waals surface area contributed by atoms with Crippen molar-refractivity contribution in [2.24, 2.45) is 11.8 Å². The summed E-state index contributed by atoms with van der Waals surface area (Å²) in [6, 6.07) is 0. The molecule has 74 valence electrons. The Morgan fingerprint density at radius 2 is 2.23 bits per heavy atom. The maximum Gasteiger partial charge on any atom is 0.136 e. The van der Waals surface area contributed by atoms with Crippen LogP contribution in [0.3, 0.4) is 0 Å². The number of carbonyl (C=O) groups is 2. The first kappa shape index (κ1) is 10.4. The van der Waals surface area contributed by atoms with E-state index in [0.29, 0.717) is 31.0 Å². The third-order valence-corrected chi connectivity index (χ3v) is 2.55. The van der Waals surface area contributed by atoms with E-state index in [2.05, 4.69) is 0 Å². The Bertz CT molecular complexity index is 206. The van der Waals surface area contributed by atoms with Crippen molar-refractivity contribution in [3.8, 4) is 0 Å². The molecule has 0 radical (unpaired) electrons. The molecule has 1 fully saturated rings. The number of hydrogen-bond acceptors (Lipinski definition) is 2. The average Bonchev–Trinajstić information content (AvgIpc) is 2.03. The highest BCUT2D eigenvalue weighted by atomic mass is 16.1. The lowest BCUT2D eigenvalue weighted by Gasteiger charge is -2.20. The smallest absolute Gasteiger partial charge is 0.136 e. The second-order valence-corrected chi connectivity index (χ2v) is 4.40. The normalized spacial score (nSPS) is 23.6. The molecule has 0 heterocycles. The highest BCUT2D eigenvalue weighted by Crippen LogP contribution is 2.24. The van der Waals surface area contributed by atoms with Crippen LogP contribution in [0.5, 0.6) is 0 Å². The van der Waals surface area contributed by atoms with Crippen molar-refractivity contribution in [1.29, 1.82) is 0 Å². The van der Waals surface area contributed by atoms with Crippen LogP contribution in [0.1, 0.15) is 46.0 Å². The summed E-state index contributed by atoms with van der Waals surface area (Å²) in [4.78, 5) is 22.7. The van der Waals surface area contributed by atoms with Crippen LogP contribution < -0.4 is 0 Å². The van der Waals surface area contributed by atoms with Crippen molar-refractivity contribution in [3.05, 3.63) is 0 Å². The number of hydrogen-bond donors (Lipinski definition) is 0. The SMILES string of the molecule is CC(C)CC(=O)C1CCCC(=O)C1. The number of rotatable bonds is 3. The van der Waals surface area contributed by atoms with Gasteiger partial charge in [-0.2, -0.15) is 0 Å². The van der Waals surface area contributed by atoms with Gasteiger partial charge in [-0.1, -0.05) is 13.8 Å². The van der Waals surface area contributed by atoms with Gasteiger partial charge in [-0.3, -0.25) is 9.59 Å². The first-order valence-electron chi connectivity index (χ1n) is 5.14. The molecule has 13 heavy (non-hydrogen) atoms. The van der Waals surface area contributed by atoms with Crippen molar-refractivity contribution in [2.45, 2.75) is 46.0 Å². The lowest BCUT2D eigenvalue weighted by atomic mass is 9.83. The molecule has 1 atom stereocenters. The van der Waals surface area contributed by atoms with Gasteiger partial charge in [-0.05, 0) is 18.8 Å². The van der Waals surface area contributed by atoms with Crippen molar-refractivity contribution in [2.75, 3.05) is 0 Å². The van der Waals surface area contributed by atoms with Crippen LogP contribution in [-0.2, 0) is 9.59 Å². The minimum absolute atomic E-state index is 0.0450. The van der Waals surface area contributed by atoms with Crippen molar-refractivity contribution >= 4 is 11.6 Å². The van der Waals surface area contributed by atoms with Crippen molar-refractivity contribution in [3.63, 3.8) is 0 Å². The van der Waals surface area contributed by atoms with E-state index in [0.717, 1.165) is 12.8 Å². The van der Waals surface area contributed by atoms with Gasteiger partial charge in [-0.15, -0.1) is 0 Å². The lowest BCUT2D eigenvalue weighted by molar-refractivity contribution is -0.130. The summed E-state index contributed by atoms with van der Waals surface area (Å²) >= 11 is 0. The summed E-state index contributed by atoms with van der Waals surface area (Å²) in [7, 11) is 0. The predicted octanol–water partition coefficient (Wildman–Crippen LogP) is 2.36. The number of carbonyl (C=O) groups excluding carboxylic acids is 2. The van der Waals surface area contributed by atoms with Crippen LogP contribution >= 0.6 is 0 Å². The highest BCUT2D eigenvalue weighted by Gasteiger charge is 2.25. The maximum atomic E-state index is 11.6. The largest absolute Gasteiger partial charge is 0.300 e. The Balaban J connectivity index is 2.41. The van der Waals surface area contributed by atoms with E-state index in [1.54, 1.807) is 0 Å². The second kappa shape index (κ2) is 4.54. The Kier molecular flexibility index (Phi) is 3.64. The molecule has 2 heteroatoms. The molecule has 1 unspecified atom stereocenters. The van der Waals surface area contributed by atoms with Crippen LogP contribution in [0, 0.1) is 11.8 Å². The summed E-state index contributed by atoms with van der Waals surface area (Å²) in [5.41, 5.74) is 0. The fourth-order valence-electron chi connectivity index (χ4n) is 1.87. The molecule has 1 aliphatic rings. The van der Waals surface area contributed by atoms with E-state index >= 15 is 0 Å². The molecule has 0 aromatic carbocycles. The van der Waals surface area contributed by atoms with E-state index < -0.39 is 0 Å². The Morgan fingerprint density at radius 1 is 1.54 bits per heavy atom. The van der Waals surface area contributed by atoms with Crippen molar-refractivity contribution in [1.82, 2.24) is 0 Å². The Labute approximate surface area is 79.7 Å². The molecule has 2 nitrogen and oxygen atoms in total. The molecule has 0 aromatic rings. The van der Waals surface area contributed by atoms with Crippen molar-refractivity contribution < 1.29 is 9.59 Å². The van der Waals surface area contributed by atoms with E-state index in [4.69, 9.17) is 0 Å². The molecule has 1 aliphatic carbocycles. The van der Waals surface area contributed by atoms with Gasteiger partial charge in [0, 0.05) is 25.2 Å². The summed E-state index contributed by atoms with van der Waals surface area (Å²) in [5, 5.41) is 0. The summed E-state index contributed by atoms with van der Waals surface area (Å²) in [6.07, 6.45) is 3.67. The third kappa shape index (κ3) is 3.29. The summed E-state index contributed by atoms with van der Waals surface area (Å²) < 4.78 is 0. The van der Waals surface area contributed by atoms with Gasteiger partial charge in [0.1, 0.15) is 11.6 Å². The zero-order chi connectivity index (χ0) is 9.84. The quantitative estimate of drug-likeness (QED) is 0.671. The topological polar surface area (TPSA) is 34.1 Å². The van der Waals surface area contributed by atoms with Crippen LogP contribution in [0.15, 0.2) is 0 Å². The maximum absolute atomic E-state index is 11.6. The molecule has 0 spiro atoms. The first-order valence-corrected chi connectivity index (χ1v) is 5.14. The molecular formula is C11H18O2. The number of ketones is 2. The fraction of sp³-hybridized carbons (Fsp3) is 0.818. The molecule has 0 aliphatic heterocycles. The van der Waals surface area contributed by atoms with E-state index in [-0.39, 0.29) is 11.7 Å². The zero-order valence-corrected chi connectivity index (χ0v) is 8.51. The van der Waals surface area contributed by atoms with Gasteiger partial charge in [-0.25, -0.2) is 0 Å². The Morgan fingerprint density at radius 3 is 2.77 bits per heavy atom. The van der Waals surface area contributed by atoms with E-state index in [1.807, 2.05) is 13.8 Å². The Hall–Kier alpha value is -0.660. The molecule has 0 aromatic heterocycles.